The van der Waals surface area contributed by atoms with E-state index in [0.717, 1.165) is 0 Å². The van der Waals surface area contributed by atoms with Crippen LogP contribution >= 0.6 is 34.8 Å². The molecule has 0 aliphatic carbocycles. The third kappa shape index (κ3) is 2.33. The van der Waals surface area contributed by atoms with Crippen molar-refractivity contribution in [2.75, 3.05) is 5.88 Å². The Morgan fingerprint density at radius 3 is 2.00 bits per heavy atom. The summed E-state index contributed by atoms with van der Waals surface area (Å²) in [5.41, 5.74) is -2.25. The molecule has 0 aliphatic rings. The zero-order valence-corrected chi connectivity index (χ0v) is 5.94. The Kier molecular flexibility index (Phi) is 3.32. The highest BCUT2D eigenvalue weighted by molar-refractivity contribution is 6.35. The first kappa shape index (κ1) is 8.73. The maximum Gasteiger partial charge on any atom is 0.241 e. The summed E-state index contributed by atoms with van der Waals surface area (Å²) in [5.74, 6) is -0.654. The van der Waals surface area contributed by atoms with Gasteiger partial charge in [0.15, 0.2) is 0 Å². The van der Waals surface area contributed by atoms with Gasteiger partial charge in [0.2, 0.25) is 10.8 Å². The Balaban J connectivity index is 3.71. The Labute approximate surface area is 60.7 Å². The van der Waals surface area contributed by atoms with E-state index < -0.39 is 16.6 Å². The SMILES string of the molecule is FC(Cl)C(F)(Cl)CCl. The molecule has 0 nitrogen and oxygen atoms in total. The second-order valence-corrected chi connectivity index (χ2v) is 2.47. The predicted octanol–water partition coefficient (Wildman–Crippen LogP) is 2.66. The van der Waals surface area contributed by atoms with Crippen molar-refractivity contribution in [3.8, 4) is 0 Å². The molecular formula is C3H3Cl3F2. The van der Waals surface area contributed by atoms with Crippen molar-refractivity contribution in [2.45, 2.75) is 10.8 Å². The molecule has 0 N–H and O–H groups in total. The minimum absolute atomic E-state index is 0.654. The highest BCUT2D eigenvalue weighted by Crippen LogP contribution is 2.28. The normalized spacial score (nSPS) is 22.1. The molecule has 0 rings (SSSR count). The molecule has 0 aromatic rings. The summed E-state index contributed by atoms with van der Waals surface area (Å²) in [7, 11) is 0. The largest absolute Gasteiger partial charge is 0.241 e. The summed E-state index contributed by atoms with van der Waals surface area (Å²) < 4.78 is 23.7. The van der Waals surface area contributed by atoms with Crippen LogP contribution in [0.15, 0.2) is 0 Å². The van der Waals surface area contributed by atoms with Gasteiger partial charge in [-0.15, -0.1) is 11.6 Å². The summed E-state index contributed by atoms with van der Waals surface area (Å²) in [6.07, 6.45) is 0. The van der Waals surface area contributed by atoms with Gasteiger partial charge < -0.3 is 0 Å². The molecule has 2 atom stereocenters. The Morgan fingerprint density at radius 2 is 2.00 bits per heavy atom. The Bertz CT molecular complexity index is 72.9. The van der Waals surface area contributed by atoms with Crippen LogP contribution in [0.1, 0.15) is 0 Å². The minimum Gasteiger partial charge on any atom is -0.225 e. The number of rotatable bonds is 2. The van der Waals surface area contributed by atoms with Gasteiger partial charge in [0, 0.05) is 0 Å². The van der Waals surface area contributed by atoms with Crippen molar-refractivity contribution >= 4 is 34.8 Å². The molecule has 0 aliphatic heterocycles. The van der Waals surface area contributed by atoms with Crippen LogP contribution in [0.3, 0.4) is 0 Å². The van der Waals surface area contributed by atoms with Crippen LogP contribution in [-0.4, -0.2) is 16.6 Å². The molecule has 0 heterocycles. The first-order valence-electron chi connectivity index (χ1n) is 1.72. The average Bonchev–Trinajstić information content (AvgIpc) is 1.67. The lowest BCUT2D eigenvalue weighted by Crippen LogP contribution is -2.25. The summed E-state index contributed by atoms with van der Waals surface area (Å²) in [5, 5.41) is -2.62. The summed E-state index contributed by atoms with van der Waals surface area (Å²) in [6, 6.07) is 0. The molecule has 0 spiro atoms. The molecule has 50 valence electrons. The number of alkyl halides is 5. The molecule has 0 radical (unpaired) electrons. The fraction of sp³-hybridized carbons (Fsp3) is 1.00. The third-order valence-electron chi connectivity index (χ3n) is 0.497. The smallest absolute Gasteiger partial charge is 0.225 e. The monoisotopic (exact) mass is 182 g/mol. The molecule has 0 amide bonds. The second kappa shape index (κ2) is 3.04. The molecule has 0 fully saturated rings. The van der Waals surface area contributed by atoms with Crippen LogP contribution < -0.4 is 0 Å². The van der Waals surface area contributed by atoms with Crippen LogP contribution in [0.2, 0.25) is 0 Å². The van der Waals surface area contributed by atoms with Crippen molar-refractivity contribution in [3.63, 3.8) is 0 Å². The van der Waals surface area contributed by atoms with E-state index in [2.05, 4.69) is 11.6 Å². The van der Waals surface area contributed by atoms with E-state index in [1.165, 1.54) is 0 Å². The van der Waals surface area contributed by atoms with Crippen LogP contribution in [0.25, 0.3) is 0 Å². The number of hydrogen-bond donors (Lipinski definition) is 0. The molecule has 2 unspecified atom stereocenters. The molecular weight excluding hydrogens is 180 g/mol. The predicted molar refractivity (Wildman–Crippen MR) is 31.2 cm³/mol. The highest BCUT2D eigenvalue weighted by atomic mass is 35.5. The molecule has 5 heteroatoms. The maximum absolute atomic E-state index is 12.1. The van der Waals surface area contributed by atoms with Gasteiger partial charge in [0.25, 0.3) is 0 Å². The van der Waals surface area contributed by atoms with Gasteiger partial charge in [0.1, 0.15) is 0 Å². The van der Waals surface area contributed by atoms with Crippen molar-refractivity contribution in [2.24, 2.45) is 0 Å². The maximum atomic E-state index is 12.1. The number of halogens is 5. The lowest BCUT2D eigenvalue weighted by molar-refractivity contribution is 0.209. The Morgan fingerprint density at radius 1 is 1.62 bits per heavy atom. The summed E-state index contributed by atoms with van der Waals surface area (Å²) in [4.78, 5) is 0. The highest BCUT2D eigenvalue weighted by Gasteiger charge is 2.34. The fourth-order valence-electron chi connectivity index (χ4n) is 0.0583. The van der Waals surface area contributed by atoms with E-state index in [9.17, 15) is 8.78 Å². The zero-order valence-electron chi connectivity index (χ0n) is 3.67. The first-order valence-corrected chi connectivity index (χ1v) is 3.07. The van der Waals surface area contributed by atoms with Crippen molar-refractivity contribution in [1.29, 1.82) is 0 Å². The van der Waals surface area contributed by atoms with Gasteiger partial charge in [-0.25, -0.2) is 8.78 Å². The standard InChI is InChI=1S/C3H3Cl3F2/c4-1-3(6,8)2(5)7/h2H,1H2. The van der Waals surface area contributed by atoms with Crippen LogP contribution in [0.4, 0.5) is 8.78 Å². The van der Waals surface area contributed by atoms with E-state index in [0.29, 0.717) is 0 Å². The molecule has 0 saturated heterocycles. The molecule has 8 heavy (non-hydrogen) atoms. The number of hydrogen-bond acceptors (Lipinski definition) is 0. The van der Waals surface area contributed by atoms with Crippen molar-refractivity contribution in [1.82, 2.24) is 0 Å². The van der Waals surface area contributed by atoms with Crippen molar-refractivity contribution in [3.05, 3.63) is 0 Å². The molecule has 0 saturated carbocycles. The topological polar surface area (TPSA) is 0 Å². The van der Waals surface area contributed by atoms with Gasteiger partial charge in [0.05, 0.1) is 5.88 Å². The Hall–Kier alpha value is 0.730. The van der Waals surface area contributed by atoms with E-state index >= 15 is 0 Å². The lowest BCUT2D eigenvalue weighted by atomic mass is 10.5. The second-order valence-electron chi connectivity index (χ2n) is 1.20. The van der Waals surface area contributed by atoms with Crippen molar-refractivity contribution < 1.29 is 8.78 Å². The van der Waals surface area contributed by atoms with Crippen LogP contribution in [0.5, 0.6) is 0 Å². The van der Waals surface area contributed by atoms with Crippen LogP contribution in [-0.2, 0) is 0 Å². The average molecular weight is 183 g/mol. The summed E-state index contributed by atoms with van der Waals surface area (Å²) in [6.45, 7) is 0. The van der Waals surface area contributed by atoms with Gasteiger partial charge in [-0.3, -0.25) is 0 Å². The third-order valence-corrected chi connectivity index (χ3v) is 1.81. The molecule has 0 bridgehead atoms. The van der Waals surface area contributed by atoms with Gasteiger partial charge in [-0.1, -0.05) is 23.2 Å². The van der Waals surface area contributed by atoms with Gasteiger partial charge in [-0.2, -0.15) is 0 Å². The van der Waals surface area contributed by atoms with E-state index in [1.54, 1.807) is 0 Å². The van der Waals surface area contributed by atoms with E-state index in [-0.39, 0.29) is 0 Å². The molecule has 0 aromatic carbocycles. The lowest BCUT2D eigenvalue weighted by Gasteiger charge is -2.12. The van der Waals surface area contributed by atoms with E-state index in [1.807, 2.05) is 0 Å². The quantitative estimate of drug-likeness (QED) is 0.578. The van der Waals surface area contributed by atoms with E-state index in [4.69, 9.17) is 23.2 Å². The minimum atomic E-state index is -2.62. The van der Waals surface area contributed by atoms with Crippen LogP contribution in [0, 0.1) is 0 Å². The fourth-order valence-corrected chi connectivity index (χ4v) is 0.350. The van der Waals surface area contributed by atoms with Gasteiger partial charge >= 0.3 is 0 Å². The molecule has 0 aromatic heterocycles. The van der Waals surface area contributed by atoms with Gasteiger partial charge in [-0.05, 0) is 0 Å². The zero-order chi connectivity index (χ0) is 6.78. The summed E-state index contributed by atoms with van der Waals surface area (Å²) >= 11 is 14.2. The first-order chi connectivity index (χ1) is 3.50.